The van der Waals surface area contributed by atoms with E-state index in [0.717, 1.165) is 0 Å². The van der Waals surface area contributed by atoms with Gasteiger partial charge in [0.2, 0.25) is 5.91 Å². The maximum atomic E-state index is 11.7. The van der Waals surface area contributed by atoms with Gasteiger partial charge in [-0.15, -0.1) is 0 Å². The molecule has 0 aromatic heterocycles. The summed E-state index contributed by atoms with van der Waals surface area (Å²) in [6.45, 7) is 0.979. The lowest BCUT2D eigenvalue weighted by molar-refractivity contribution is -0.121. The summed E-state index contributed by atoms with van der Waals surface area (Å²) >= 11 is 1.47. The Morgan fingerprint density at radius 3 is 2.77 bits per heavy atom. The number of hydrogen-bond donors (Lipinski definition) is 2. The Kier molecular flexibility index (Phi) is 6.09. The van der Waals surface area contributed by atoms with Crippen molar-refractivity contribution >= 4 is 23.6 Å². The molecule has 1 saturated heterocycles. The van der Waals surface area contributed by atoms with E-state index < -0.39 is 5.97 Å². The zero-order chi connectivity index (χ0) is 15.9. The molecule has 2 rings (SSSR count). The summed E-state index contributed by atoms with van der Waals surface area (Å²) in [5.74, 6) is -0.0224. The number of benzene rings is 1. The minimum absolute atomic E-state index is 0.0192. The Bertz CT molecular complexity index is 519. The Labute approximate surface area is 133 Å². The van der Waals surface area contributed by atoms with E-state index in [2.05, 4.69) is 5.32 Å². The van der Waals surface area contributed by atoms with E-state index in [9.17, 15) is 9.59 Å². The van der Waals surface area contributed by atoms with Crippen LogP contribution in [0.25, 0.3) is 0 Å². The van der Waals surface area contributed by atoms with E-state index in [4.69, 9.17) is 14.6 Å². The highest BCUT2D eigenvalue weighted by molar-refractivity contribution is 7.99. The second-order valence-corrected chi connectivity index (χ2v) is 5.82. The Balaban J connectivity index is 1.98. The molecule has 1 aromatic rings. The number of thioether (sulfide) groups is 1. The van der Waals surface area contributed by atoms with Gasteiger partial charge in [0.15, 0.2) is 0 Å². The van der Waals surface area contributed by atoms with E-state index in [0.29, 0.717) is 31.1 Å². The van der Waals surface area contributed by atoms with Gasteiger partial charge in [0, 0.05) is 6.61 Å². The number of ether oxygens (including phenoxy) is 2. The third-order valence-corrected chi connectivity index (χ3v) is 3.87. The lowest BCUT2D eigenvalue weighted by Gasteiger charge is -2.32. The molecule has 6 nitrogen and oxygen atoms in total. The van der Waals surface area contributed by atoms with Gasteiger partial charge in [-0.2, -0.15) is 11.8 Å². The van der Waals surface area contributed by atoms with Crippen molar-refractivity contribution in [1.82, 2.24) is 5.32 Å². The molecule has 0 unspecified atom stereocenters. The zero-order valence-electron chi connectivity index (χ0n) is 12.3. The fraction of sp³-hybridized carbons (Fsp3) is 0.467. The van der Waals surface area contributed by atoms with E-state index in [1.807, 2.05) is 6.26 Å². The molecule has 2 atom stereocenters. The molecule has 1 fully saturated rings. The van der Waals surface area contributed by atoms with Crippen molar-refractivity contribution in [1.29, 1.82) is 0 Å². The Morgan fingerprint density at radius 2 is 2.14 bits per heavy atom. The number of carbonyl (C=O) groups is 2. The molecule has 2 N–H and O–H groups in total. The lowest BCUT2D eigenvalue weighted by atomic mass is 10.1. The highest BCUT2D eigenvalue weighted by atomic mass is 32.2. The number of nitrogens with one attached hydrogen (secondary N) is 1. The van der Waals surface area contributed by atoms with Gasteiger partial charge in [-0.3, -0.25) is 4.79 Å². The molecule has 22 heavy (non-hydrogen) atoms. The minimum atomic E-state index is -0.977. The Morgan fingerprint density at radius 1 is 1.41 bits per heavy atom. The van der Waals surface area contributed by atoms with Crippen LogP contribution in [-0.4, -0.2) is 54.4 Å². The van der Waals surface area contributed by atoms with Crippen molar-refractivity contribution < 1.29 is 24.2 Å². The standard InChI is InChI=1S/C15H19NO5S/c1-22-9-14(17)16-12-6-7-20-8-13(12)21-11-4-2-10(3-5-11)15(18)19/h2-5,12-13H,6-9H2,1H3,(H,16,17)(H,18,19)/t12-,13-/m1/s1. The van der Waals surface area contributed by atoms with Gasteiger partial charge < -0.3 is 19.9 Å². The monoisotopic (exact) mass is 325 g/mol. The van der Waals surface area contributed by atoms with Gasteiger partial charge in [0.05, 0.1) is 24.0 Å². The molecule has 1 aliphatic rings. The third-order valence-electron chi connectivity index (χ3n) is 3.31. The van der Waals surface area contributed by atoms with Gasteiger partial charge in [0.1, 0.15) is 11.9 Å². The van der Waals surface area contributed by atoms with Crippen molar-refractivity contribution in [3.8, 4) is 5.75 Å². The molecular weight excluding hydrogens is 306 g/mol. The van der Waals surface area contributed by atoms with Crippen LogP contribution in [-0.2, 0) is 9.53 Å². The van der Waals surface area contributed by atoms with Crippen molar-refractivity contribution in [2.24, 2.45) is 0 Å². The second-order valence-electron chi connectivity index (χ2n) is 4.96. The van der Waals surface area contributed by atoms with Gasteiger partial charge in [-0.1, -0.05) is 0 Å². The van der Waals surface area contributed by atoms with Crippen molar-refractivity contribution in [2.45, 2.75) is 18.6 Å². The summed E-state index contributed by atoms with van der Waals surface area (Å²) in [5.41, 5.74) is 0.206. The SMILES string of the molecule is CSCC(=O)N[C@@H]1CCOC[C@H]1Oc1ccc(C(=O)O)cc1. The largest absolute Gasteiger partial charge is 0.486 e. The maximum Gasteiger partial charge on any atom is 0.335 e. The van der Waals surface area contributed by atoms with Gasteiger partial charge in [0.25, 0.3) is 0 Å². The summed E-state index contributed by atoms with van der Waals surface area (Å²) in [5, 5.41) is 11.8. The minimum Gasteiger partial charge on any atom is -0.486 e. The van der Waals surface area contributed by atoms with Crippen molar-refractivity contribution in [3.63, 3.8) is 0 Å². The highest BCUT2D eigenvalue weighted by Gasteiger charge is 2.28. The summed E-state index contributed by atoms with van der Waals surface area (Å²) < 4.78 is 11.3. The van der Waals surface area contributed by atoms with Crippen LogP contribution >= 0.6 is 11.8 Å². The molecule has 0 saturated carbocycles. The van der Waals surface area contributed by atoms with Crippen LogP contribution in [0.5, 0.6) is 5.75 Å². The first kappa shape index (κ1) is 16.6. The number of rotatable bonds is 6. The summed E-state index contributed by atoms with van der Waals surface area (Å²) in [6, 6.07) is 6.09. The first-order chi connectivity index (χ1) is 10.6. The average Bonchev–Trinajstić information content (AvgIpc) is 2.50. The molecule has 7 heteroatoms. The number of aromatic carboxylic acids is 1. The molecule has 0 aliphatic carbocycles. The van der Waals surface area contributed by atoms with E-state index in [1.54, 1.807) is 12.1 Å². The molecule has 0 radical (unpaired) electrons. The normalized spacial score (nSPS) is 21.1. The molecule has 1 amide bonds. The first-order valence-corrected chi connectivity index (χ1v) is 8.35. The molecular formula is C15H19NO5S. The van der Waals surface area contributed by atoms with Crippen LogP contribution in [0.15, 0.2) is 24.3 Å². The van der Waals surface area contributed by atoms with Crippen LogP contribution in [0.1, 0.15) is 16.8 Å². The predicted molar refractivity (Wildman–Crippen MR) is 83.6 cm³/mol. The maximum absolute atomic E-state index is 11.7. The smallest absolute Gasteiger partial charge is 0.335 e. The Hall–Kier alpha value is -1.73. The number of carboxylic acid groups (broad SMARTS) is 1. The summed E-state index contributed by atoms with van der Waals surface area (Å²) in [6.07, 6.45) is 2.29. The molecule has 1 aliphatic heterocycles. The number of hydrogen-bond acceptors (Lipinski definition) is 5. The molecule has 120 valence electrons. The third kappa shape index (κ3) is 4.64. The van der Waals surface area contributed by atoms with Crippen LogP contribution in [0.2, 0.25) is 0 Å². The molecule has 0 bridgehead atoms. The van der Waals surface area contributed by atoms with Gasteiger partial charge >= 0.3 is 5.97 Å². The molecule has 1 aromatic carbocycles. The van der Waals surface area contributed by atoms with Gasteiger partial charge in [-0.05, 0) is 36.9 Å². The second kappa shape index (κ2) is 8.05. The molecule has 0 spiro atoms. The fourth-order valence-electron chi connectivity index (χ4n) is 2.22. The van der Waals surface area contributed by atoms with Crippen molar-refractivity contribution in [2.75, 3.05) is 25.2 Å². The highest BCUT2D eigenvalue weighted by Crippen LogP contribution is 2.18. The predicted octanol–water partition coefficient (Wildman–Crippen LogP) is 1.40. The van der Waals surface area contributed by atoms with Crippen LogP contribution in [0.3, 0.4) is 0 Å². The summed E-state index contributed by atoms with van der Waals surface area (Å²) in [7, 11) is 0. The average molecular weight is 325 g/mol. The van der Waals surface area contributed by atoms with E-state index >= 15 is 0 Å². The number of carbonyl (C=O) groups excluding carboxylic acids is 1. The van der Waals surface area contributed by atoms with Gasteiger partial charge in [-0.25, -0.2) is 4.79 Å². The number of amides is 1. The topological polar surface area (TPSA) is 84.9 Å². The van der Waals surface area contributed by atoms with Crippen LogP contribution in [0, 0.1) is 0 Å². The van der Waals surface area contributed by atoms with E-state index in [1.165, 1.54) is 23.9 Å². The quantitative estimate of drug-likeness (QED) is 0.822. The lowest BCUT2D eigenvalue weighted by Crippen LogP contribution is -2.51. The summed E-state index contributed by atoms with van der Waals surface area (Å²) in [4.78, 5) is 22.6. The van der Waals surface area contributed by atoms with Crippen LogP contribution in [0.4, 0.5) is 0 Å². The zero-order valence-corrected chi connectivity index (χ0v) is 13.1. The first-order valence-electron chi connectivity index (χ1n) is 6.96. The number of carboxylic acids is 1. The van der Waals surface area contributed by atoms with E-state index in [-0.39, 0.29) is 23.6 Å². The van der Waals surface area contributed by atoms with Crippen molar-refractivity contribution in [3.05, 3.63) is 29.8 Å². The van der Waals surface area contributed by atoms with Crippen LogP contribution < -0.4 is 10.1 Å². The fourth-order valence-corrected chi connectivity index (χ4v) is 2.57. The molecule has 1 heterocycles.